The molecule has 0 spiro atoms. The molecule has 3 heteroatoms. The zero-order valence-electron chi connectivity index (χ0n) is 19.3. The average molecular weight is 399 g/mol. The molecule has 0 radical (unpaired) electrons. The number of carbonyl (C=O) groups is 1. The number of fused-ring (bicyclic) bond motifs is 5. The van der Waals surface area contributed by atoms with Gasteiger partial charge in [0.25, 0.3) is 0 Å². The highest BCUT2D eigenvalue weighted by Gasteiger charge is 2.56. The van der Waals surface area contributed by atoms with Crippen LogP contribution in [0.3, 0.4) is 0 Å². The monoisotopic (exact) mass is 398 g/mol. The maximum atomic E-state index is 13.2. The quantitative estimate of drug-likeness (QED) is 0.567. The lowest BCUT2D eigenvalue weighted by Gasteiger charge is -2.51. The van der Waals surface area contributed by atoms with E-state index in [2.05, 4.69) is 39.8 Å². The van der Waals surface area contributed by atoms with Crippen LogP contribution in [0.15, 0.2) is 18.2 Å². The van der Waals surface area contributed by atoms with E-state index in [1.54, 1.807) is 0 Å². The Hall–Kier alpha value is -1.35. The molecule has 3 nitrogen and oxygen atoms in total. The summed E-state index contributed by atoms with van der Waals surface area (Å²) >= 11 is 0. The predicted octanol–water partition coefficient (Wildman–Crippen LogP) is 6.54. The van der Waals surface area contributed by atoms with Crippen molar-refractivity contribution in [3.8, 4) is 5.75 Å². The number of rotatable bonds is 2. The zero-order valence-corrected chi connectivity index (χ0v) is 19.3. The van der Waals surface area contributed by atoms with Gasteiger partial charge in [0.1, 0.15) is 11.4 Å². The lowest BCUT2D eigenvalue weighted by Crippen LogP contribution is -2.47. The molecule has 2 saturated carbocycles. The van der Waals surface area contributed by atoms with Gasteiger partial charge in [0.15, 0.2) is 5.78 Å². The van der Waals surface area contributed by atoms with E-state index in [4.69, 9.17) is 9.47 Å². The summed E-state index contributed by atoms with van der Waals surface area (Å²) in [5.41, 5.74) is 1.98. The fraction of sp³-hybridized carbons (Fsp3) is 0.731. The van der Waals surface area contributed by atoms with E-state index in [0.29, 0.717) is 36.1 Å². The van der Waals surface area contributed by atoms with Crippen molar-refractivity contribution in [2.75, 3.05) is 0 Å². The van der Waals surface area contributed by atoms with E-state index in [1.165, 1.54) is 18.4 Å². The predicted molar refractivity (Wildman–Crippen MR) is 117 cm³/mol. The lowest BCUT2D eigenvalue weighted by molar-refractivity contribution is -0.124. The molecule has 1 aromatic carbocycles. The largest absolute Gasteiger partial charge is 0.488 e. The Kier molecular flexibility index (Phi) is 4.93. The van der Waals surface area contributed by atoms with E-state index >= 15 is 0 Å². The maximum Gasteiger partial charge on any atom is 0.163 e. The number of Topliss-reactive ketones (excluding diaryl/α,β-unsaturated/α-hetero) is 1. The second-order valence-electron chi connectivity index (χ2n) is 11.8. The van der Waals surface area contributed by atoms with Crippen molar-refractivity contribution in [3.05, 3.63) is 29.3 Å². The molecule has 3 aliphatic carbocycles. The first-order chi connectivity index (χ1) is 13.4. The summed E-state index contributed by atoms with van der Waals surface area (Å²) in [6.45, 7) is 15.0. The summed E-state index contributed by atoms with van der Waals surface area (Å²) in [6.07, 6.45) is 5.65. The maximum absolute atomic E-state index is 13.2. The summed E-state index contributed by atoms with van der Waals surface area (Å²) in [6, 6.07) is 6.23. The molecule has 29 heavy (non-hydrogen) atoms. The van der Waals surface area contributed by atoms with Crippen LogP contribution in [0.4, 0.5) is 0 Å². The van der Waals surface area contributed by atoms with Crippen LogP contribution in [0.2, 0.25) is 0 Å². The van der Waals surface area contributed by atoms with E-state index < -0.39 is 0 Å². The summed E-state index contributed by atoms with van der Waals surface area (Å²) in [5.74, 6) is 2.64. The molecule has 0 heterocycles. The first-order valence-electron chi connectivity index (χ1n) is 11.4. The average Bonchev–Trinajstić information content (AvgIpc) is 2.89. The van der Waals surface area contributed by atoms with Crippen molar-refractivity contribution in [3.63, 3.8) is 0 Å². The van der Waals surface area contributed by atoms with Gasteiger partial charge in [-0.1, -0.05) is 13.0 Å². The van der Waals surface area contributed by atoms with Gasteiger partial charge in [-0.05, 0) is 108 Å². The summed E-state index contributed by atoms with van der Waals surface area (Å²) < 4.78 is 12.5. The number of benzene rings is 1. The van der Waals surface area contributed by atoms with Gasteiger partial charge in [0.05, 0.1) is 11.7 Å². The second-order valence-corrected chi connectivity index (χ2v) is 11.8. The van der Waals surface area contributed by atoms with Gasteiger partial charge >= 0.3 is 0 Å². The second kappa shape index (κ2) is 6.83. The molecule has 0 N–H and O–H groups in total. The Bertz CT molecular complexity index is 797. The molecule has 3 aliphatic rings. The van der Waals surface area contributed by atoms with Crippen LogP contribution in [-0.2, 0) is 4.74 Å². The minimum absolute atomic E-state index is 0.113. The highest BCUT2D eigenvalue weighted by molar-refractivity contribution is 5.99. The van der Waals surface area contributed by atoms with Gasteiger partial charge in [-0.3, -0.25) is 4.79 Å². The van der Waals surface area contributed by atoms with Crippen molar-refractivity contribution in [2.24, 2.45) is 17.3 Å². The molecule has 0 unspecified atom stereocenters. The molecule has 2 fully saturated rings. The van der Waals surface area contributed by atoms with Crippen LogP contribution in [-0.4, -0.2) is 23.1 Å². The van der Waals surface area contributed by atoms with Gasteiger partial charge in [-0.25, -0.2) is 0 Å². The number of ether oxygens (including phenoxy) is 2. The van der Waals surface area contributed by atoms with Gasteiger partial charge < -0.3 is 9.47 Å². The molecule has 0 bridgehead atoms. The van der Waals surface area contributed by atoms with Crippen LogP contribution < -0.4 is 4.74 Å². The normalized spacial score (nSPS) is 34.4. The van der Waals surface area contributed by atoms with Crippen molar-refractivity contribution in [1.82, 2.24) is 0 Å². The first-order valence-corrected chi connectivity index (χ1v) is 11.4. The van der Waals surface area contributed by atoms with Crippen molar-refractivity contribution in [1.29, 1.82) is 0 Å². The van der Waals surface area contributed by atoms with Crippen LogP contribution in [0.5, 0.6) is 5.75 Å². The van der Waals surface area contributed by atoms with Gasteiger partial charge in [-0.15, -0.1) is 0 Å². The third-order valence-electron chi connectivity index (χ3n) is 7.42. The van der Waals surface area contributed by atoms with Crippen LogP contribution in [0.1, 0.15) is 102 Å². The Balaban J connectivity index is 1.61. The number of carbonyl (C=O) groups excluding carboxylic acids is 1. The molecule has 0 aliphatic heterocycles. The molecule has 0 amide bonds. The number of hydrogen-bond acceptors (Lipinski definition) is 3. The van der Waals surface area contributed by atoms with Crippen LogP contribution in [0, 0.1) is 17.3 Å². The molecular formula is C26H38O3. The fourth-order valence-electron chi connectivity index (χ4n) is 6.37. The van der Waals surface area contributed by atoms with Gasteiger partial charge in [0.2, 0.25) is 0 Å². The van der Waals surface area contributed by atoms with Crippen molar-refractivity contribution < 1.29 is 14.3 Å². The molecule has 1 aromatic rings. The molecule has 0 saturated heterocycles. The summed E-state index contributed by atoms with van der Waals surface area (Å²) in [5, 5.41) is 0. The topological polar surface area (TPSA) is 35.5 Å². The fourth-order valence-corrected chi connectivity index (χ4v) is 6.37. The van der Waals surface area contributed by atoms with Crippen molar-refractivity contribution >= 4 is 5.78 Å². The Morgan fingerprint density at radius 3 is 2.38 bits per heavy atom. The zero-order chi connectivity index (χ0) is 21.2. The summed E-state index contributed by atoms with van der Waals surface area (Å²) in [7, 11) is 0. The first kappa shape index (κ1) is 20.9. The van der Waals surface area contributed by atoms with E-state index in [0.717, 1.165) is 24.2 Å². The third kappa shape index (κ3) is 3.87. The van der Waals surface area contributed by atoms with Crippen molar-refractivity contribution in [2.45, 2.75) is 104 Å². The van der Waals surface area contributed by atoms with Crippen LogP contribution in [0.25, 0.3) is 0 Å². The smallest absolute Gasteiger partial charge is 0.163 e. The lowest BCUT2D eigenvalue weighted by atomic mass is 9.55. The number of hydrogen-bond donors (Lipinski definition) is 0. The highest BCUT2D eigenvalue weighted by Crippen LogP contribution is 2.62. The SMILES string of the molecule is CC(C)(C)Oc1ccc2c(c1)C(=O)C[C@@H]1[C@@H]2CC[C@]2(C)[C@@H](OC(C)(C)C)CC[C@@H]12. The van der Waals surface area contributed by atoms with E-state index in [1.807, 2.05) is 26.8 Å². The Morgan fingerprint density at radius 1 is 1.00 bits per heavy atom. The van der Waals surface area contributed by atoms with Gasteiger partial charge in [-0.2, -0.15) is 0 Å². The molecular weight excluding hydrogens is 360 g/mol. The number of ketones is 1. The Morgan fingerprint density at radius 2 is 1.72 bits per heavy atom. The molecule has 5 atom stereocenters. The third-order valence-corrected chi connectivity index (χ3v) is 7.42. The van der Waals surface area contributed by atoms with Crippen LogP contribution >= 0.6 is 0 Å². The molecule has 0 aromatic heterocycles. The minimum Gasteiger partial charge on any atom is -0.488 e. The van der Waals surface area contributed by atoms with E-state index in [9.17, 15) is 4.79 Å². The summed E-state index contributed by atoms with van der Waals surface area (Å²) in [4.78, 5) is 13.2. The van der Waals surface area contributed by atoms with Gasteiger partial charge in [0, 0.05) is 12.0 Å². The molecule has 4 rings (SSSR count). The Labute approximate surface area is 176 Å². The minimum atomic E-state index is -0.257. The standard InChI is InChI=1S/C26H38O3/c1-24(2,3)28-16-8-9-17-18-12-13-26(7)21(10-11-23(26)29-25(4,5)6)19(18)15-22(27)20(17)14-16/h8-9,14,18-19,21,23H,10-13,15H2,1-7H3/t18-,19-,21+,23+,26+/m1/s1. The molecule has 160 valence electrons. The van der Waals surface area contributed by atoms with E-state index in [-0.39, 0.29) is 16.6 Å². The highest BCUT2D eigenvalue weighted by atomic mass is 16.5.